The minimum Gasteiger partial charge on any atom is -0.497 e. The molecule has 1 aromatic rings. The second-order valence-electron chi connectivity index (χ2n) is 5.55. The van der Waals surface area contributed by atoms with Crippen LogP contribution in [0.5, 0.6) is 5.75 Å². The summed E-state index contributed by atoms with van der Waals surface area (Å²) < 4.78 is 10.6. The normalized spacial score (nSPS) is 18.2. The van der Waals surface area contributed by atoms with E-state index in [0.29, 0.717) is 5.56 Å². The molecule has 0 N–H and O–H groups in total. The standard InChI is InChI=1S/C16H24N2O3/c1-13(12-18-10-8-17(2)9-11-18)21-16(19)14-4-6-15(20-3)7-5-14/h4-7,13H,8-12H2,1-3H3/t13-/m1/s1. The van der Waals surface area contributed by atoms with Crippen molar-refractivity contribution in [1.82, 2.24) is 9.80 Å². The van der Waals surface area contributed by atoms with E-state index in [1.807, 2.05) is 6.92 Å². The molecule has 0 aliphatic carbocycles. The largest absolute Gasteiger partial charge is 0.497 e. The SMILES string of the molecule is COc1ccc(C(=O)O[C@H](C)CN2CCN(C)CC2)cc1. The first-order valence-corrected chi connectivity index (χ1v) is 7.34. The average molecular weight is 292 g/mol. The molecule has 1 heterocycles. The van der Waals surface area contributed by atoms with E-state index < -0.39 is 0 Å². The second kappa shape index (κ2) is 7.43. The lowest BCUT2D eigenvalue weighted by atomic mass is 10.2. The van der Waals surface area contributed by atoms with Crippen LogP contribution in [0.25, 0.3) is 0 Å². The molecular weight excluding hydrogens is 268 g/mol. The third-order valence-corrected chi connectivity index (χ3v) is 3.75. The van der Waals surface area contributed by atoms with E-state index in [1.54, 1.807) is 31.4 Å². The number of methoxy groups -OCH3 is 1. The number of ether oxygens (including phenoxy) is 2. The molecule has 0 aromatic heterocycles. The van der Waals surface area contributed by atoms with Crippen LogP contribution >= 0.6 is 0 Å². The molecule has 1 fully saturated rings. The van der Waals surface area contributed by atoms with Gasteiger partial charge in [-0.2, -0.15) is 0 Å². The van der Waals surface area contributed by atoms with Gasteiger partial charge >= 0.3 is 5.97 Å². The fourth-order valence-corrected chi connectivity index (χ4v) is 2.41. The van der Waals surface area contributed by atoms with Gasteiger partial charge in [-0.25, -0.2) is 4.79 Å². The van der Waals surface area contributed by atoms with Crippen LogP contribution in [0.4, 0.5) is 0 Å². The van der Waals surface area contributed by atoms with Crippen molar-refractivity contribution in [3.63, 3.8) is 0 Å². The summed E-state index contributed by atoms with van der Waals surface area (Å²) in [5, 5.41) is 0. The first-order chi connectivity index (χ1) is 10.1. The zero-order valence-electron chi connectivity index (χ0n) is 13.0. The predicted molar refractivity (Wildman–Crippen MR) is 81.8 cm³/mol. The second-order valence-corrected chi connectivity index (χ2v) is 5.55. The van der Waals surface area contributed by atoms with Gasteiger partial charge in [0.15, 0.2) is 0 Å². The quantitative estimate of drug-likeness (QED) is 0.769. The molecule has 21 heavy (non-hydrogen) atoms. The van der Waals surface area contributed by atoms with Crippen LogP contribution in [0.15, 0.2) is 24.3 Å². The number of rotatable bonds is 5. The number of carbonyl (C=O) groups excluding carboxylic acids is 1. The minimum absolute atomic E-state index is 0.108. The van der Waals surface area contributed by atoms with Crippen molar-refractivity contribution in [2.75, 3.05) is 46.9 Å². The van der Waals surface area contributed by atoms with Crippen LogP contribution in [0.2, 0.25) is 0 Å². The molecule has 1 aliphatic heterocycles. The summed E-state index contributed by atoms with van der Waals surface area (Å²) in [6.07, 6.45) is -0.108. The number of esters is 1. The summed E-state index contributed by atoms with van der Waals surface area (Å²) in [6, 6.07) is 6.98. The molecule has 5 heteroatoms. The molecule has 1 aliphatic rings. The topological polar surface area (TPSA) is 42.0 Å². The van der Waals surface area contributed by atoms with Crippen LogP contribution in [0.3, 0.4) is 0 Å². The fraction of sp³-hybridized carbons (Fsp3) is 0.562. The lowest BCUT2D eigenvalue weighted by molar-refractivity contribution is 0.0207. The number of carbonyl (C=O) groups is 1. The molecule has 0 unspecified atom stereocenters. The Kier molecular flexibility index (Phi) is 5.59. The molecule has 5 nitrogen and oxygen atoms in total. The summed E-state index contributed by atoms with van der Waals surface area (Å²) in [7, 11) is 3.73. The Bertz CT molecular complexity index is 453. The number of hydrogen-bond donors (Lipinski definition) is 0. The zero-order valence-corrected chi connectivity index (χ0v) is 13.0. The molecule has 116 valence electrons. The Balaban J connectivity index is 1.81. The molecule has 1 atom stereocenters. The van der Waals surface area contributed by atoms with Crippen molar-refractivity contribution in [3.05, 3.63) is 29.8 Å². The number of nitrogens with zero attached hydrogens (tertiary/aromatic N) is 2. The highest BCUT2D eigenvalue weighted by atomic mass is 16.5. The van der Waals surface area contributed by atoms with Gasteiger partial charge in [-0.05, 0) is 38.2 Å². The average Bonchev–Trinajstić information content (AvgIpc) is 2.49. The Morgan fingerprint density at radius 2 is 1.81 bits per heavy atom. The van der Waals surface area contributed by atoms with Gasteiger partial charge in [0.25, 0.3) is 0 Å². The predicted octanol–water partition coefficient (Wildman–Crippen LogP) is 1.49. The highest BCUT2D eigenvalue weighted by molar-refractivity contribution is 5.89. The van der Waals surface area contributed by atoms with E-state index in [-0.39, 0.29) is 12.1 Å². The van der Waals surface area contributed by atoms with Crippen molar-refractivity contribution in [2.45, 2.75) is 13.0 Å². The van der Waals surface area contributed by atoms with Gasteiger partial charge in [-0.15, -0.1) is 0 Å². The maximum absolute atomic E-state index is 12.1. The van der Waals surface area contributed by atoms with Crippen molar-refractivity contribution < 1.29 is 14.3 Å². The minimum atomic E-state index is -0.278. The summed E-state index contributed by atoms with van der Waals surface area (Å²) in [5.74, 6) is 0.455. The van der Waals surface area contributed by atoms with Gasteiger partial charge in [0.1, 0.15) is 11.9 Å². The molecule has 1 saturated heterocycles. The number of likely N-dealkylation sites (N-methyl/N-ethyl adjacent to an activating group) is 1. The maximum atomic E-state index is 12.1. The Hall–Kier alpha value is -1.59. The van der Waals surface area contributed by atoms with Crippen molar-refractivity contribution in [1.29, 1.82) is 0 Å². The number of piperazine rings is 1. The summed E-state index contributed by atoms with van der Waals surface area (Å²) >= 11 is 0. The Labute approximate surface area is 126 Å². The first-order valence-electron chi connectivity index (χ1n) is 7.34. The van der Waals surface area contributed by atoms with E-state index in [0.717, 1.165) is 38.5 Å². The van der Waals surface area contributed by atoms with Gasteiger partial charge in [0.2, 0.25) is 0 Å². The molecule has 1 aromatic carbocycles. The lowest BCUT2D eigenvalue weighted by Gasteiger charge is -2.33. The van der Waals surface area contributed by atoms with Crippen LogP contribution < -0.4 is 4.74 Å². The highest BCUT2D eigenvalue weighted by Crippen LogP contribution is 2.13. The van der Waals surface area contributed by atoms with Crippen molar-refractivity contribution in [3.8, 4) is 5.75 Å². The lowest BCUT2D eigenvalue weighted by Crippen LogP contribution is -2.47. The molecule has 0 amide bonds. The maximum Gasteiger partial charge on any atom is 0.338 e. The monoisotopic (exact) mass is 292 g/mol. The smallest absolute Gasteiger partial charge is 0.338 e. The van der Waals surface area contributed by atoms with E-state index in [1.165, 1.54) is 0 Å². The molecule has 0 radical (unpaired) electrons. The van der Waals surface area contributed by atoms with Crippen LogP contribution in [-0.4, -0.2) is 68.8 Å². The van der Waals surface area contributed by atoms with E-state index >= 15 is 0 Å². The zero-order chi connectivity index (χ0) is 15.2. The molecule has 0 saturated carbocycles. The first kappa shape index (κ1) is 15.8. The van der Waals surface area contributed by atoms with Crippen molar-refractivity contribution in [2.24, 2.45) is 0 Å². The van der Waals surface area contributed by atoms with E-state index in [2.05, 4.69) is 16.8 Å². The van der Waals surface area contributed by atoms with E-state index in [9.17, 15) is 4.79 Å². The van der Waals surface area contributed by atoms with Crippen LogP contribution in [-0.2, 0) is 4.74 Å². The van der Waals surface area contributed by atoms with Gasteiger partial charge in [0.05, 0.1) is 12.7 Å². The van der Waals surface area contributed by atoms with Gasteiger partial charge in [-0.1, -0.05) is 0 Å². The third kappa shape index (κ3) is 4.72. The number of hydrogen-bond acceptors (Lipinski definition) is 5. The summed E-state index contributed by atoms with van der Waals surface area (Å²) in [5.41, 5.74) is 0.557. The van der Waals surface area contributed by atoms with E-state index in [4.69, 9.17) is 9.47 Å². The fourth-order valence-electron chi connectivity index (χ4n) is 2.41. The molecule has 0 spiro atoms. The van der Waals surface area contributed by atoms with Crippen molar-refractivity contribution >= 4 is 5.97 Å². The van der Waals surface area contributed by atoms with Crippen LogP contribution in [0.1, 0.15) is 17.3 Å². The van der Waals surface area contributed by atoms with Crippen LogP contribution in [0, 0.1) is 0 Å². The van der Waals surface area contributed by atoms with Gasteiger partial charge in [-0.3, -0.25) is 4.90 Å². The Morgan fingerprint density at radius 3 is 2.38 bits per heavy atom. The Morgan fingerprint density at radius 1 is 1.19 bits per heavy atom. The molecule has 2 rings (SSSR count). The summed E-state index contributed by atoms with van der Waals surface area (Å²) in [4.78, 5) is 16.7. The van der Waals surface area contributed by atoms with Gasteiger partial charge in [0, 0.05) is 32.7 Å². The van der Waals surface area contributed by atoms with Gasteiger partial charge < -0.3 is 14.4 Å². The number of benzene rings is 1. The molecule has 0 bridgehead atoms. The summed E-state index contributed by atoms with van der Waals surface area (Å²) in [6.45, 7) is 6.93. The highest BCUT2D eigenvalue weighted by Gasteiger charge is 2.18. The molecular formula is C16H24N2O3. The third-order valence-electron chi connectivity index (χ3n) is 3.75.